The highest BCUT2D eigenvalue weighted by Crippen LogP contribution is 2.29. The Morgan fingerprint density at radius 2 is 2.00 bits per heavy atom. The molecule has 1 rings (SSSR count). The number of carbonyl (C=O) groups excluding carboxylic acids is 1. The van der Waals surface area contributed by atoms with Gasteiger partial charge in [-0.25, -0.2) is 0 Å². The van der Waals surface area contributed by atoms with Crippen LogP contribution < -0.4 is 0 Å². The van der Waals surface area contributed by atoms with Crippen molar-refractivity contribution in [3.63, 3.8) is 0 Å². The van der Waals surface area contributed by atoms with Crippen molar-refractivity contribution in [3.05, 3.63) is 0 Å². The van der Waals surface area contributed by atoms with Crippen molar-refractivity contribution in [2.45, 2.75) is 40.2 Å². The van der Waals surface area contributed by atoms with Crippen LogP contribution in [0.1, 0.15) is 34.1 Å². The Hall–Kier alpha value is -0.570. The summed E-state index contributed by atoms with van der Waals surface area (Å²) in [5.41, 5.74) is 0.215. The van der Waals surface area contributed by atoms with E-state index < -0.39 is 6.10 Å². The van der Waals surface area contributed by atoms with Gasteiger partial charge in [-0.05, 0) is 17.8 Å². The molecule has 0 aromatic rings. The molecule has 1 atom stereocenters. The minimum Gasteiger partial charge on any atom is -0.383 e. The molecule has 14 heavy (non-hydrogen) atoms. The van der Waals surface area contributed by atoms with Crippen LogP contribution in [0, 0.1) is 11.3 Å². The minimum atomic E-state index is -0.830. The summed E-state index contributed by atoms with van der Waals surface area (Å²) < 4.78 is 0. The molecule has 0 aromatic carbocycles. The summed E-state index contributed by atoms with van der Waals surface area (Å²) in [7, 11) is 0. The average Bonchev–Trinajstić information content (AvgIpc) is 2.43. The van der Waals surface area contributed by atoms with Gasteiger partial charge in [0.15, 0.2) is 0 Å². The monoisotopic (exact) mass is 199 g/mol. The van der Waals surface area contributed by atoms with Gasteiger partial charge in [0, 0.05) is 13.1 Å². The average molecular weight is 199 g/mol. The molecule has 0 aliphatic carbocycles. The zero-order valence-corrected chi connectivity index (χ0v) is 9.58. The van der Waals surface area contributed by atoms with Gasteiger partial charge in [0.25, 0.3) is 5.91 Å². The van der Waals surface area contributed by atoms with Crippen LogP contribution in [0.15, 0.2) is 0 Å². The third kappa shape index (κ3) is 2.47. The lowest BCUT2D eigenvalue weighted by Gasteiger charge is -2.23. The minimum absolute atomic E-state index is 0.00575. The molecule has 0 unspecified atom stereocenters. The first-order chi connectivity index (χ1) is 6.33. The molecule has 1 fully saturated rings. The van der Waals surface area contributed by atoms with Gasteiger partial charge in [-0.1, -0.05) is 27.7 Å². The maximum absolute atomic E-state index is 11.8. The molecule has 0 saturated carbocycles. The van der Waals surface area contributed by atoms with Crippen molar-refractivity contribution >= 4 is 5.91 Å². The number of aliphatic hydroxyl groups excluding tert-OH is 1. The normalized spacial score (nSPS) is 22.9. The van der Waals surface area contributed by atoms with E-state index in [0.717, 1.165) is 19.5 Å². The smallest absolute Gasteiger partial charge is 0.251 e. The van der Waals surface area contributed by atoms with Crippen molar-refractivity contribution in [1.29, 1.82) is 0 Å². The molecule has 1 N–H and O–H groups in total. The Kier molecular flexibility index (Phi) is 3.20. The SMILES string of the molecule is CC(C)[C@H](O)C(=O)N1CCC(C)(C)C1. The molecule has 1 aliphatic rings. The van der Waals surface area contributed by atoms with Crippen LogP contribution in [0.3, 0.4) is 0 Å². The first-order valence-corrected chi connectivity index (χ1v) is 5.30. The van der Waals surface area contributed by atoms with Crippen molar-refractivity contribution < 1.29 is 9.90 Å². The summed E-state index contributed by atoms with van der Waals surface area (Å²) in [5, 5.41) is 9.63. The number of nitrogens with zero attached hydrogens (tertiary/aromatic N) is 1. The van der Waals surface area contributed by atoms with E-state index in [2.05, 4.69) is 13.8 Å². The van der Waals surface area contributed by atoms with Gasteiger partial charge < -0.3 is 10.0 Å². The second kappa shape index (κ2) is 3.89. The van der Waals surface area contributed by atoms with Gasteiger partial charge in [0.1, 0.15) is 6.10 Å². The van der Waals surface area contributed by atoms with Crippen LogP contribution >= 0.6 is 0 Å². The molecule has 1 saturated heterocycles. The summed E-state index contributed by atoms with van der Waals surface area (Å²) in [6.45, 7) is 9.60. The molecule has 0 bridgehead atoms. The Balaban J connectivity index is 2.56. The van der Waals surface area contributed by atoms with Crippen LogP contribution in [0.25, 0.3) is 0 Å². The standard InChI is InChI=1S/C11H21NO2/c1-8(2)9(13)10(14)12-6-5-11(3,4)7-12/h8-9,13H,5-7H2,1-4H3/t9-/m0/s1. The fourth-order valence-electron chi connectivity index (χ4n) is 1.77. The predicted molar refractivity (Wildman–Crippen MR) is 55.8 cm³/mol. The van der Waals surface area contributed by atoms with Crippen molar-refractivity contribution in [2.24, 2.45) is 11.3 Å². The molecule has 1 heterocycles. The first-order valence-electron chi connectivity index (χ1n) is 5.30. The van der Waals surface area contributed by atoms with Crippen molar-refractivity contribution in [1.82, 2.24) is 4.90 Å². The molecule has 0 aromatic heterocycles. The van der Waals surface area contributed by atoms with Crippen LogP contribution in [0.2, 0.25) is 0 Å². The highest BCUT2D eigenvalue weighted by Gasteiger charge is 2.35. The zero-order valence-electron chi connectivity index (χ0n) is 9.58. The Labute approximate surface area is 86.1 Å². The largest absolute Gasteiger partial charge is 0.383 e. The number of hydrogen-bond acceptors (Lipinski definition) is 2. The highest BCUT2D eigenvalue weighted by molar-refractivity contribution is 5.81. The van der Waals surface area contributed by atoms with E-state index in [-0.39, 0.29) is 17.2 Å². The summed E-state index contributed by atoms with van der Waals surface area (Å²) in [4.78, 5) is 13.5. The molecule has 82 valence electrons. The van der Waals surface area contributed by atoms with Gasteiger partial charge >= 0.3 is 0 Å². The van der Waals surface area contributed by atoms with Crippen LogP contribution in [-0.2, 0) is 4.79 Å². The van der Waals surface area contributed by atoms with E-state index in [9.17, 15) is 9.90 Å². The molecule has 3 nitrogen and oxygen atoms in total. The van der Waals surface area contributed by atoms with Gasteiger partial charge in [0.05, 0.1) is 0 Å². The topological polar surface area (TPSA) is 40.5 Å². The lowest BCUT2D eigenvalue weighted by molar-refractivity contribution is -0.141. The molecule has 3 heteroatoms. The second-order valence-corrected chi connectivity index (χ2v) is 5.36. The Morgan fingerprint density at radius 3 is 2.36 bits per heavy atom. The van der Waals surface area contributed by atoms with Gasteiger partial charge in [-0.15, -0.1) is 0 Å². The van der Waals surface area contributed by atoms with Gasteiger partial charge in [0.2, 0.25) is 0 Å². The van der Waals surface area contributed by atoms with Crippen LogP contribution in [-0.4, -0.2) is 35.1 Å². The van der Waals surface area contributed by atoms with Crippen LogP contribution in [0.5, 0.6) is 0 Å². The van der Waals surface area contributed by atoms with E-state index >= 15 is 0 Å². The molecule has 1 aliphatic heterocycles. The van der Waals surface area contributed by atoms with Crippen LogP contribution in [0.4, 0.5) is 0 Å². The molecular weight excluding hydrogens is 178 g/mol. The van der Waals surface area contributed by atoms with E-state index in [1.54, 1.807) is 4.90 Å². The molecular formula is C11H21NO2. The summed E-state index contributed by atoms with van der Waals surface area (Å²) in [5.74, 6) is -0.100. The number of rotatable bonds is 2. The lowest BCUT2D eigenvalue weighted by Crippen LogP contribution is -2.40. The van der Waals surface area contributed by atoms with E-state index in [1.807, 2.05) is 13.8 Å². The maximum atomic E-state index is 11.8. The Bertz CT molecular complexity index is 223. The highest BCUT2D eigenvalue weighted by atomic mass is 16.3. The zero-order chi connectivity index (χ0) is 10.9. The number of likely N-dealkylation sites (tertiary alicyclic amines) is 1. The van der Waals surface area contributed by atoms with E-state index in [4.69, 9.17) is 0 Å². The molecule has 0 spiro atoms. The van der Waals surface area contributed by atoms with Gasteiger partial charge in [-0.2, -0.15) is 0 Å². The first kappa shape index (κ1) is 11.5. The Morgan fingerprint density at radius 1 is 1.43 bits per heavy atom. The van der Waals surface area contributed by atoms with E-state index in [0.29, 0.717) is 0 Å². The number of carbonyl (C=O) groups is 1. The number of amides is 1. The number of hydrogen-bond donors (Lipinski definition) is 1. The molecule has 1 amide bonds. The van der Waals surface area contributed by atoms with Crippen molar-refractivity contribution in [3.8, 4) is 0 Å². The van der Waals surface area contributed by atoms with Crippen molar-refractivity contribution in [2.75, 3.05) is 13.1 Å². The summed E-state index contributed by atoms with van der Waals surface area (Å²) >= 11 is 0. The lowest BCUT2D eigenvalue weighted by atomic mass is 9.93. The predicted octanol–water partition coefficient (Wildman–Crippen LogP) is 1.26. The second-order valence-electron chi connectivity index (χ2n) is 5.36. The van der Waals surface area contributed by atoms with Gasteiger partial charge in [-0.3, -0.25) is 4.79 Å². The van der Waals surface area contributed by atoms with E-state index in [1.165, 1.54) is 0 Å². The summed E-state index contributed by atoms with van der Waals surface area (Å²) in [6, 6.07) is 0. The third-order valence-electron chi connectivity index (χ3n) is 2.87. The molecule has 0 radical (unpaired) electrons. The third-order valence-corrected chi connectivity index (χ3v) is 2.87. The fourth-order valence-corrected chi connectivity index (χ4v) is 1.77. The number of aliphatic hydroxyl groups is 1. The quantitative estimate of drug-likeness (QED) is 0.727. The summed E-state index contributed by atoms with van der Waals surface area (Å²) in [6.07, 6.45) is 0.202. The maximum Gasteiger partial charge on any atom is 0.251 e. The fraction of sp³-hybridized carbons (Fsp3) is 0.909.